The van der Waals surface area contributed by atoms with Crippen LogP contribution in [0.25, 0.3) is 11.4 Å². The van der Waals surface area contributed by atoms with Gasteiger partial charge in [-0.1, -0.05) is 31.5 Å². The number of rotatable bonds is 9. The second kappa shape index (κ2) is 11.4. The number of ketones is 1. The molecule has 0 aliphatic carbocycles. The normalized spacial score (nSPS) is 19.9. The molecule has 2 fully saturated rings. The summed E-state index contributed by atoms with van der Waals surface area (Å²) in [4.78, 5) is 35.3. The zero-order chi connectivity index (χ0) is 26.6. The monoisotopic (exact) mass is 518 g/mol. The van der Waals surface area contributed by atoms with Crippen molar-refractivity contribution < 1.29 is 24.2 Å². The third-order valence-electron chi connectivity index (χ3n) is 7.17. The lowest BCUT2D eigenvalue weighted by Crippen LogP contribution is -2.42. The number of likely N-dealkylation sites (tertiary alicyclic amines) is 1. The number of unbranched alkanes of at least 4 members (excludes halogenated alkanes) is 1. The molecule has 1 unspecified atom stereocenters. The topological polar surface area (TPSA) is 96.6 Å². The van der Waals surface area contributed by atoms with E-state index in [1.165, 1.54) is 0 Å². The van der Waals surface area contributed by atoms with Crippen molar-refractivity contribution in [2.45, 2.75) is 32.7 Å². The van der Waals surface area contributed by atoms with Crippen LogP contribution in [0.1, 0.15) is 42.8 Å². The van der Waals surface area contributed by atoms with E-state index in [0.29, 0.717) is 61.3 Å². The average Bonchev–Trinajstić information content (AvgIpc) is 3.40. The molecule has 1 atom stereocenters. The molecular weight excluding hydrogens is 484 g/mol. The van der Waals surface area contributed by atoms with E-state index in [1.807, 2.05) is 42.5 Å². The molecule has 1 aromatic carbocycles. The number of pyridine rings is 1. The molecule has 200 valence electrons. The van der Waals surface area contributed by atoms with Crippen LogP contribution in [0.3, 0.4) is 0 Å². The molecule has 2 aromatic heterocycles. The van der Waals surface area contributed by atoms with E-state index in [4.69, 9.17) is 9.47 Å². The Morgan fingerprint density at radius 3 is 2.74 bits per heavy atom. The smallest absolute Gasteiger partial charge is 0.295 e. The minimum Gasteiger partial charge on any atom is -0.505 e. The summed E-state index contributed by atoms with van der Waals surface area (Å²) < 4.78 is 13.1. The largest absolute Gasteiger partial charge is 0.505 e. The van der Waals surface area contributed by atoms with Gasteiger partial charge in [-0.25, -0.2) is 4.98 Å². The first kappa shape index (κ1) is 25.9. The summed E-state index contributed by atoms with van der Waals surface area (Å²) >= 11 is 0. The Balaban J connectivity index is 1.58. The molecule has 38 heavy (non-hydrogen) atoms. The first-order valence-electron chi connectivity index (χ1n) is 13.2. The molecule has 2 saturated heterocycles. The number of amides is 1. The molecule has 5 rings (SSSR count). The predicted molar refractivity (Wildman–Crippen MR) is 143 cm³/mol. The van der Waals surface area contributed by atoms with Crippen LogP contribution >= 0.6 is 0 Å². The van der Waals surface area contributed by atoms with Gasteiger partial charge in [0.25, 0.3) is 11.7 Å². The number of carbonyl (C=O) groups excluding carboxylic acids is 2. The van der Waals surface area contributed by atoms with E-state index >= 15 is 0 Å². The quantitative estimate of drug-likeness (QED) is 0.200. The van der Waals surface area contributed by atoms with E-state index in [1.54, 1.807) is 22.4 Å². The molecule has 3 aromatic rings. The average molecular weight is 519 g/mol. The molecule has 0 saturated carbocycles. The number of benzene rings is 1. The molecule has 0 bridgehead atoms. The highest BCUT2D eigenvalue weighted by atomic mass is 16.5. The molecular formula is C29H34N4O5. The van der Waals surface area contributed by atoms with Crippen LogP contribution < -0.4 is 4.74 Å². The van der Waals surface area contributed by atoms with Gasteiger partial charge in [0.05, 0.1) is 37.1 Å². The summed E-state index contributed by atoms with van der Waals surface area (Å²) in [5.74, 6) is -0.873. The number of morpholine rings is 1. The summed E-state index contributed by atoms with van der Waals surface area (Å²) in [6.45, 7) is 8.26. The Bertz CT molecular complexity index is 1360. The Kier molecular flexibility index (Phi) is 7.76. The highest BCUT2D eigenvalue weighted by Crippen LogP contribution is 2.40. The fourth-order valence-corrected chi connectivity index (χ4v) is 5.17. The minimum atomic E-state index is -0.751. The van der Waals surface area contributed by atoms with Crippen molar-refractivity contribution in [2.24, 2.45) is 0 Å². The Morgan fingerprint density at radius 1 is 1.13 bits per heavy atom. The molecule has 2 aliphatic rings. The third-order valence-corrected chi connectivity index (χ3v) is 7.17. The number of aromatic nitrogens is 2. The maximum Gasteiger partial charge on any atom is 0.295 e. The van der Waals surface area contributed by atoms with Crippen molar-refractivity contribution in [2.75, 3.05) is 46.0 Å². The number of aryl methyl sites for hydroxylation is 1. The summed E-state index contributed by atoms with van der Waals surface area (Å²) in [5, 5.41) is 11.6. The van der Waals surface area contributed by atoms with E-state index < -0.39 is 17.7 Å². The number of Topliss-reactive ketones (excluding diaryl/α,β-unsaturated/α-hetero) is 1. The molecule has 0 spiro atoms. The van der Waals surface area contributed by atoms with Crippen molar-refractivity contribution in [3.05, 3.63) is 71.2 Å². The van der Waals surface area contributed by atoms with Gasteiger partial charge in [-0.05, 0) is 43.2 Å². The minimum absolute atomic E-state index is 0.0661. The number of hydrogen-bond acceptors (Lipinski definition) is 7. The lowest BCUT2D eigenvalue weighted by Gasteiger charge is -2.31. The SMILES string of the molecule is CCCCOc1cccc(C2C(=C(O)c3c(C)nc4ccccn34)C(=O)C(=O)N2CCN2CCOCC2)c1. The number of carbonyl (C=O) groups is 2. The molecule has 9 heteroatoms. The summed E-state index contributed by atoms with van der Waals surface area (Å²) in [6, 6.07) is 12.2. The second-order valence-electron chi connectivity index (χ2n) is 9.70. The Hall–Kier alpha value is -3.69. The fraction of sp³-hybridized carbons (Fsp3) is 0.414. The van der Waals surface area contributed by atoms with Crippen molar-refractivity contribution in [1.29, 1.82) is 0 Å². The number of imidazole rings is 1. The van der Waals surface area contributed by atoms with Crippen molar-refractivity contribution in [3.8, 4) is 5.75 Å². The van der Waals surface area contributed by atoms with Gasteiger partial charge in [0.1, 0.15) is 17.1 Å². The fourth-order valence-electron chi connectivity index (χ4n) is 5.17. The van der Waals surface area contributed by atoms with E-state index in [2.05, 4.69) is 16.8 Å². The van der Waals surface area contributed by atoms with Crippen LogP contribution in [0.2, 0.25) is 0 Å². The number of fused-ring (bicyclic) bond motifs is 1. The number of ether oxygens (including phenoxy) is 2. The van der Waals surface area contributed by atoms with Crippen LogP contribution in [0.4, 0.5) is 0 Å². The zero-order valence-corrected chi connectivity index (χ0v) is 21.9. The van der Waals surface area contributed by atoms with Gasteiger partial charge in [-0.3, -0.25) is 18.9 Å². The number of aliphatic hydroxyl groups excluding tert-OH is 1. The molecule has 1 amide bonds. The molecule has 1 N–H and O–H groups in total. The highest BCUT2D eigenvalue weighted by molar-refractivity contribution is 6.46. The summed E-state index contributed by atoms with van der Waals surface area (Å²) in [7, 11) is 0. The lowest BCUT2D eigenvalue weighted by molar-refractivity contribution is -0.140. The molecule has 0 radical (unpaired) electrons. The van der Waals surface area contributed by atoms with Crippen molar-refractivity contribution >= 4 is 23.1 Å². The number of nitrogens with zero attached hydrogens (tertiary/aromatic N) is 4. The van der Waals surface area contributed by atoms with Crippen molar-refractivity contribution in [1.82, 2.24) is 19.2 Å². The zero-order valence-electron chi connectivity index (χ0n) is 21.9. The Labute approximate surface area is 222 Å². The van der Waals surface area contributed by atoms with Gasteiger partial charge in [-0.2, -0.15) is 0 Å². The Morgan fingerprint density at radius 2 is 1.95 bits per heavy atom. The summed E-state index contributed by atoms with van der Waals surface area (Å²) in [5.41, 5.74) is 2.41. The number of aliphatic hydroxyl groups is 1. The van der Waals surface area contributed by atoms with E-state index in [0.717, 1.165) is 25.9 Å². The van der Waals surface area contributed by atoms with Gasteiger partial charge < -0.3 is 19.5 Å². The standard InChI is InChI=1S/C29H34N4O5/c1-3-4-16-38-22-9-7-8-21(19-22)26-24(27(34)25-20(2)30-23-10-5-6-11-32(23)25)28(35)29(36)33(26)13-12-31-14-17-37-18-15-31/h5-11,19,26,34H,3-4,12-18H2,1-2H3. The van der Waals surface area contributed by atoms with Gasteiger partial charge in [0.2, 0.25) is 0 Å². The highest BCUT2D eigenvalue weighted by Gasteiger charge is 2.46. The lowest BCUT2D eigenvalue weighted by atomic mass is 9.96. The third kappa shape index (κ3) is 5.04. The van der Waals surface area contributed by atoms with Crippen LogP contribution in [-0.2, 0) is 14.3 Å². The maximum atomic E-state index is 13.5. The molecule has 2 aliphatic heterocycles. The first-order chi connectivity index (χ1) is 18.5. The second-order valence-corrected chi connectivity index (χ2v) is 9.70. The van der Waals surface area contributed by atoms with E-state index in [9.17, 15) is 14.7 Å². The van der Waals surface area contributed by atoms with Crippen LogP contribution in [-0.4, -0.2) is 82.0 Å². The predicted octanol–water partition coefficient (Wildman–Crippen LogP) is 3.58. The van der Waals surface area contributed by atoms with Crippen LogP contribution in [0.5, 0.6) is 5.75 Å². The summed E-state index contributed by atoms with van der Waals surface area (Å²) in [6.07, 6.45) is 3.73. The van der Waals surface area contributed by atoms with Gasteiger partial charge in [-0.15, -0.1) is 0 Å². The van der Waals surface area contributed by atoms with Crippen LogP contribution in [0, 0.1) is 6.92 Å². The molecule has 9 nitrogen and oxygen atoms in total. The van der Waals surface area contributed by atoms with E-state index in [-0.39, 0.29) is 11.3 Å². The molecule has 4 heterocycles. The van der Waals surface area contributed by atoms with Gasteiger partial charge in [0, 0.05) is 32.4 Å². The maximum absolute atomic E-state index is 13.5. The number of hydrogen-bond donors (Lipinski definition) is 1. The van der Waals surface area contributed by atoms with Crippen molar-refractivity contribution in [3.63, 3.8) is 0 Å². The van der Waals surface area contributed by atoms with Crippen LogP contribution in [0.15, 0.2) is 54.2 Å². The van der Waals surface area contributed by atoms with Gasteiger partial charge >= 0.3 is 0 Å². The first-order valence-corrected chi connectivity index (χ1v) is 13.2. The van der Waals surface area contributed by atoms with Gasteiger partial charge in [0.15, 0.2) is 5.76 Å².